The molecule has 1 aliphatic rings. The number of hydrogen-bond donors (Lipinski definition) is 1. The summed E-state index contributed by atoms with van der Waals surface area (Å²) >= 11 is 0. The highest BCUT2D eigenvalue weighted by atomic mass is 14.7. The van der Waals surface area contributed by atoms with Gasteiger partial charge in [0.1, 0.15) is 0 Å². The molecule has 0 aromatic heterocycles. The summed E-state index contributed by atoms with van der Waals surface area (Å²) in [4.78, 5) is 0. The minimum absolute atomic E-state index is 0.0542. The van der Waals surface area contributed by atoms with Gasteiger partial charge in [0.25, 0.3) is 0 Å². The lowest BCUT2D eigenvalue weighted by Gasteiger charge is -2.19. The Hall–Kier alpha value is -0.0400. The first-order valence-electron chi connectivity index (χ1n) is 5.37. The van der Waals surface area contributed by atoms with Crippen LogP contribution in [-0.4, -0.2) is 5.54 Å². The molecule has 12 heavy (non-hydrogen) atoms. The third kappa shape index (κ3) is 4.10. The van der Waals surface area contributed by atoms with Gasteiger partial charge in [0.2, 0.25) is 0 Å². The molecular formula is C11H23N. The van der Waals surface area contributed by atoms with Gasteiger partial charge in [0, 0.05) is 5.54 Å². The van der Waals surface area contributed by atoms with E-state index < -0.39 is 0 Å². The van der Waals surface area contributed by atoms with Crippen LogP contribution in [0.1, 0.15) is 58.8 Å². The van der Waals surface area contributed by atoms with Crippen LogP contribution >= 0.6 is 0 Å². The van der Waals surface area contributed by atoms with Crippen molar-refractivity contribution in [1.29, 1.82) is 0 Å². The van der Waals surface area contributed by atoms with Crippen molar-refractivity contribution in [2.75, 3.05) is 0 Å². The Kier molecular flexibility index (Phi) is 3.57. The molecule has 0 radical (unpaired) electrons. The van der Waals surface area contributed by atoms with Crippen molar-refractivity contribution in [2.45, 2.75) is 64.3 Å². The normalized spacial score (nSPS) is 20.2. The third-order valence-electron chi connectivity index (χ3n) is 2.91. The zero-order valence-corrected chi connectivity index (χ0v) is 8.60. The van der Waals surface area contributed by atoms with E-state index in [4.69, 9.17) is 5.73 Å². The van der Waals surface area contributed by atoms with Gasteiger partial charge in [0.05, 0.1) is 0 Å². The SMILES string of the molecule is CC(C)(N)CCCC1CCCC1. The zero-order valence-electron chi connectivity index (χ0n) is 8.60. The second-order valence-electron chi connectivity index (χ2n) is 5.03. The van der Waals surface area contributed by atoms with E-state index >= 15 is 0 Å². The van der Waals surface area contributed by atoms with E-state index in [9.17, 15) is 0 Å². The van der Waals surface area contributed by atoms with Gasteiger partial charge >= 0.3 is 0 Å². The minimum Gasteiger partial charge on any atom is -0.326 e. The quantitative estimate of drug-likeness (QED) is 0.687. The molecule has 0 unspecified atom stereocenters. The van der Waals surface area contributed by atoms with Gasteiger partial charge in [0.15, 0.2) is 0 Å². The Morgan fingerprint density at radius 3 is 2.33 bits per heavy atom. The fourth-order valence-electron chi connectivity index (χ4n) is 2.15. The Bertz CT molecular complexity index is 117. The second-order valence-corrected chi connectivity index (χ2v) is 5.03. The minimum atomic E-state index is 0.0542. The molecular weight excluding hydrogens is 146 g/mol. The van der Waals surface area contributed by atoms with Gasteiger partial charge in [-0.1, -0.05) is 38.5 Å². The van der Waals surface area contributed by atoms with Crippen molar-refractivity contribution in [3.8, 4) is 0 Å². The molecule has 1 nitrogen and oxygen atoms in total. The Morgan fingerprint density at radius 1 is 1.25 bits per heavy atom. The monoisotopic (exact) mass is 169 g/mol. The molecule has 72 valence electrons. The summed E-state index contributed by atoms with van der Waals surface area (Å²) in [5.74, 6) is 1.03. The van der Waals surface area contributed by atoms with Crippen LogP contribution < -0.4 is 5.73 Å². The van der Waals surface area contributed by atoms with Crippen LogP contribution in [0.15, 0.2) is 0 Å². The van der Waals surface area contributed by atoms with Crippen LogP contribution in [0.4, 0.5) is 0 Å². The van der Waals surface area contributed by atoms with Crippen LogP contribution in [0.25, 0.3) is 0 Å². The Balaban J connectivity index is 2.02. The Morgan fingerprint density at radius 2 is 1.83 bits per heavy atom. The first-order valence-corrected chi connectivity index (χ1v) is 5.37. The molecule has 0 bridgehead atoms. The lowest BCUT2D eigenvalue weighted by atomic mass is 9.94. The van der Waals surface area contributed by atoms with Crippen molar-refractivity contribution in [3.63, 3.8) is 0 Å². The molecule has 1 rings (SSSR count). The average Bonchev–Trinajstić information content (AvgIpc) is 2.36. The molecule has 2 N–H and O–H groups in total. The molecule has 0 aromatic carbocycles. The van der Waals surface area contributed by atoms with Gasteiger partial charge in [-0.2, -0.15) is 0 Å². The number of nitrogens with two attached hydrogens (primary N) is 1. The van der Waals surface area contributed by atoms with E-state index in [-0.39, 0.29) is 5.54 Å². The molecule has 1 fully saturated rings. The first-order chi connectivity index (χ1) is 5.58. The smallest absolute Gasteiger partial charge is 0.00970 e. The molecule has 0 aromatic rings. The third-order valence-corrected chi connectivity index (χ3v) is 2.91. The predicted octanol–water partition coefficient (Wildman–Crippen LogP) is 3.08. The van der Waals surface area contributed by atoms with Gasteiger partial charge in [-0.3, -0.25) is 0 Å². The lowest BCUT2D eigenvalue weighted by molar-refractivity contribution is 0.403. The number of hydrogen-bond acceptors (Lipinski definition) is 1. The van der Waals surface area contributed by atoms with Gasteiger partial charge in [-0.05, 0) is 26.2 Å². The molecule has 0 atom stereocenters. The van der Waals surface area contributed by atoms with Gasteiger partial charge in [-0.25, -0.2) is 0 Å². The molecule has 0 amide bonds. The summed E-state index contributed by atoms with van der Waals surface area (Å²) in [7, 11) is 0. The summed E-state index contributed by atoms with van der Waals surface area (Å²) in [6, 6.07) is 0. The molecule has 1 saturated carbocycles. The maximum Gasteiger partial charge on any atom is 0.00970 e. The average molecular weight is 169 g/mol. The predicted molar refractivity (Wildman–Crippen MR) is 54.1 cm³/mol. The molecule has 1 heteroatoms. The van der Waals surface area contributed by atoms with E-state index in [1.54, 1.807) is 0 Å². The summed E-state index contributed by atoms with van der Waals surface area (Å²) < 4.78 is 0. The number of rotatable bonds is 4. The summed E-state index contributed by atoms with van der Waals surface area (Å²) in [5.41, 5.74) is 5.97. The highest BCUT2D eigenvalue weighted by Crippen LogP contribution is 2.29. The van der Waals surface area contributed by atoms with Crippen LogP contribution in [-0.2, 0) is 0 Å². The first kappa shape index (κ1) is 10.0. The summed E-state index contributed by atoms with van der Waals surface area (Å²) in [6.45, 7) is 4.25. The lowest BCUT2D eigenvalue weighted by Crippen LogP contribution is -2.31. The Labute approximate surface area is 76.7 Å². The van der Waals surface area contributed by atoms with Crippen molar-refractivity contribution >= 4 is 0 Å². The topological polar surface area (TPSA) is 26.0 Å². The fraction of sp³-hybridized carbons (Fsp3) is 1.00. The van der Waals surface area contributed by atoms with Crippen molar-refractivity contribution in [1.82, 2.24) is 0 Å². The van der Waals surface area contributed by atoms with Crippen LogP contribution in [0.3, 0.4) is 0 Å². The van der Waals surface area contributed by atoms with Crippen molar-refractivity contribution in [3.05, 3.63) is 0 Å². The summed E-state index contributed by atoms with van der Waals surface area (Å²) in [5, 5.41) is 0. The van der Waals surface area contributed by atoms with E-state index in [1.165, 1.54) is 44.9 Å². The molecule has 0 spiro atoms. The largest absolute Gasteiger partial charge is 0.326 e. The summed E-state index contributed by atoms with van der Waals surface area (Å²) in [6.07, 6.45) is 9.82. The molecule has 0 aliphatic heterocycles. The van der Waals surface area contributed by atoms with E-state index in [1.807, 2.05) is 0 Å². The zero-order chi connectivity index (χ0) is 9.03. The molecule has 0 heterocycles. The van der Waals surface area contributed by atoms with E-state index in [0.29, 0.717) is 0 Å². The standard InChI is InChI=1S/C11H23N/c1-11(2,12)9-5-8-10-6-3-4-7-10/h10H,3-9,12H2,1-2H3. The maximum atomic E-state index is 5.92. The molecule has 0 saturated heterocycles. The van der Waals surface area contributed by atoms with Crippen molar-refractivity contribution < 1.29 is 0 Å². The van der Waals surface area contributed by atoms with Crippen LogP contribution in [0.2, 0.25) is 0 Å². The van der Waals surface area contributed by atoms with Crippen molar-refractivity contribution in [2.24, 2.45) is 11.7 Å². The van der Waals surface area contributed by atoms with Crippen LogP contribution in [0, 0.1) is 5.92 Å². The van der Waals surface area contributed by atoms with Crippen LogP contribution in [0.5, 0.6) is 0 Å². The van der Waals surface area contributed by atoms with Gasteiger partial charge in [-0.15, -0.1) is 0 Å². The van der Waals surface area contributed by atoms with Gasteiger partial charge < -0.3 is 5.73 Å². The fourth-order valence-corrected chi connectivity index (χ4v) is 2.15. The van der Waals surface area contributed by atoms with E-state index in [2.05, 4.69) is 13.8 Å². The molecule has 1 aliphatic carbocycles. The van der Waals surface area contributed by atoms with E-state index in [0.717, 1.165) is 5.92 Å². The highest BCUT2D eigenvalue weighted by molar-refractivity contribution is 4.73. The highest BCUT2D eigenvalue weighted by Gasteiger charge is 2.16. The maximum absolute atomic E-state index is 5.92. The second kappa shape index (κ2) is 4.27.